The Bertz CT molecular complexity index is 639. The molecule has 4 N–H and O–H groups in total. The molecule has 0 saturated carbocycles. The SMILES string of the molecule is CCc1nn(C)cc1NC(=O)c1nc(NN)ccc1Cl. The first kappa shape index (κ1) is 14.3. The maximum Gasteiger partial charge on any atom is 0.275 e. The van der Waals surface area contributed by atoms with Crippen LogP contribution in [0.5, 0.6) is 0 Å². The molecule has 0 bridgehead atoms. The lowest BCUT2D eigenvalue weighted by Crippen LogP contribution is -2.17. The smallest absolute Gasteiger partial charge is 0.275 e. The zero-order valence-electron chi connectivity index (χ0n) is 11.1. The number of aromatic nitrogens is 3. The second-order valence-corrected chi connectivity index (χ2v) is 4.55. The van der Waals surface area contributed by atoms with E-state index < -0.39 is 5.91 Å². The minimum Gasteiger partial charge on any atom is -0.318 e. The molecular formula is C12H15ClN6O. The number of nitrogens with zero attached hydrogens (tertiary/aromatic N) is 3. The average molecular weight is 295 g/mol. The highest BCUT2D eigenvalue weighted by atomic mass is 35.5. The molecule has 20 heavy (non-hydrogen) atoms. The predicted octanol–water partition coefficient (Wildman–Crippen LogP) is 1.57. The van der Waals surface area contributed by atoms with Crippen LogP contribution in [0.25, 0.3) is 0 Å². The number of carbonyl (C=O) groups excluding carboxylic acids is 1. The molecule has 106 valence electrons. The number of hydrazine groups is 1. The van der Waals surface area contributed by atoms with Crippen LogP contribution in [0, 0.1) is 0 Å². The van der Waals surface area contributed by atoms with Crippen LogP contribution >= 0.6 is 11.6 Å². The number of halogens is 1. The molecule has 0 fully saturated rings. The first-order valence-corrected chi connectivity index (χ1v) is 6.40. The van der Waals surface area contributed by atoms with Crippen molar-refractivity contribution >= 4 is 29.0 Å². The fourth-order valence-electron chi connectivity index (χ4n) is 1.76. The fourth-order valence-corrected chi connectivity index (χ4v) is 1.95. The number of rotatable bonds is 4. The van der Waals surface area contributed by atoms with Crippen molar-refractivity contribution in [3.05, 3.63) is 34.7 Å². The molecule has 0 aliphatic rings. The molecule has 2 aromatic rings. The van der Waals surface area contributed by atoms with E-state index in [2.05, 4.69) is 20.8 Å². The van der Waals surface area contributed by atoms with Gasteiger partial charge < -0.3 is 10.7 Å². The van der Waals surface area contributed by atoms with Gasteiger partial charge in [-0.05, 0) is 18.6 Å². The van der Waals surface area contributed by atoms with Crippen LogP contribution < -0.4 is 16.6 Å². The van der Waals surface area contributed by atoms with E-state index in [1.54, 1.807) is 30.1 Å². The molecule has 2 aromatic heterocycles. The summed E-state index contributed by atoms with van der Waals surface area (Å²) in [4.78, 5) is 16.3. The Morgan fingerprint density at radius 2 is 2.25 bits per heavy atom. The maximum atomic E-state index is 12.2. The molecule has 8 heteroatoms. The highest BCUT2D eigenvalue weighted by Gasteiger charge is 2.16. The van der Waals surface area contributed by atoms with Gasteiger partial charge >= 0.3 is 0 Å². The molecule has 0 saturated heterocycles. The number of amides is 1. The van der Waals surface area contributed by atoms with E-state index in [0.29, 0.717) is 17.9 Å². The van der Waals surface area contributed by atoms with E-state index in [1.165, 1.54) is 0 Å². The summed E-state index contributed by atoms with van der Waals surface area (Å²) in [5, 5.41) is 7.25. The van der Waals surface area contributed by atoms with Gasteiger partial charge in [0.25, 0.3) is 5.91 Å². The molecule has 0 unspecified atom stereocenters. The van der Waals surface area contributed by atoms with E-state index in [9.17, 15) is 4.79 Å². The summed E-state index contributed by atoms with van der Waals surface area (Å²) in [5.74, 6) is 5.22. The number of nitrogen functional groups attached to an aromatic ring is 1. The third-order valence-electron chi connectivity index (χ3n) is 2.70. The van der Waals surface area contributed by atoms with Crippen molar-refractivity contribution in [2.75, 3.05) is 10.7 Å². The summed E-state index contributed by atoms with van der Waals surface area (Å²) in [6, 6.07) is 3.14. The number of aryl methyl sites for hydroxylation is 2. The zero-order valence-corrected chi connectivity index (χ0v) is 11.9. The van der Waals surface area contributed by atoms with Crippen LogP contribution in [0.3, 0.4) is 0 Å². The zero-order chi connectivity index (χ0) is 14.7. The van der Waals surface area contributed by atoms with Gasteiger partial charge in [-0.15, -0.1) is 0 Å². The Labute approximate surface area is 121 Å². The molecule has 0 atom stereocenters. The van der Waals surface area contributed by atoms with Gasteiger partial charge in [0.1, 0.15) is 11.5 Å². The third kappa shape index (κ3) is 2.89. The molecule has 1 amide bonds. The van der Waals surface area contributed by atoms with Gasteiger partial charge in [0.15, 0.2) is 0 Å². The first-order chi connectivity index (χ1) is 9.55. The molecule has 7 nitrogen and oxygen atoms in total. The Morgan fingerprint density at radius 1 is 1.50 bits per heavy atom. The van der Waals surface area contributed by atoms with E-state index in [-0.39, 0.29) is 10.7 Å². The standard InChI is InChI=1S/C12H15ClN6O/c1-3-8-9(6-19(2)18-8)15-12(20)11-7(13)4-5-10(16-11)17-14/h4-6H,3,14H2,1-2H3,(H,15,20)(H,16,17). The number of carbonyl (C=O) groups is 1. The van der Waals surface area contributed by atoms with Crippen LogP contribution in [-0.4, -0.2) is 20.7 Å². The highest BCUT2D eigenvalue weighted by molar-refractivity contribution is 6.34. The highest BCUT2D eigenvalue weighted by Crippen LogP contribution is 2.19. The van der Waals surface area contributed by atoms with Crippen molar-refractivity contribution < 1.29 is 4.79 Å². The fraction of sp³-hybridized carbons (Fsp3) is 0.250. The Balaban J connectivity index is 2.27. The molecule has 2 rings (SSSR count). The topological polar surface area (TPSA) is 97.9 Å². The first-order valence-electron chi connectivity index (χ1n) is 6.02. The minimum absolute atomic E-state index is 0.105. The summed E-state index contributed by atoms with van der Waals surface area (Å²) in [6.07, 6.45) is 2.44. The van der Waals surface area contributed by atoms with E-state index in [4.69, 9.17) is 17.4 Å². The Kier molecular flexibility index (Phi) is 4.21. The quantitative estimate of drug-likeness (QED) is 0.587. The van der Waals surface area contributed by atoms with E-state index >= 15 is 0 Å². The monoisotopic (exact) mass is 294 g/mol. The van der Waals surface area contributed by atoms with Gasteiger partial charge in [0, 0.05) is 13.2 Å². The summed E-state index contributed by atoms with van der Waals surface area (Å²) >= 11 is 5.98. The van der Waals surface area contributed by atoms with E-state index in [0.717, 1.165) is 5.69 Å². The van der Waals surface area contributed by atoms with Crippen LogP contribution in [-0.2, 0) is 13.5 Å². The van der Waals surface area contributed by atoms with Gasteiger partial charge in [-0.25, -0.2) is 10.8 Å². The van der Waals surface area contributed by atoms with Gasteiger partial charge in [0.2, 0.25) is 0 Å². The number of hydrogen-bond donors (Lipinski definition) is 3. The van der Waals surface area contributed by atoms with Gasteiger partial charge in [-0.3, -0.25) is 9.48 Å². The molecule has 2 heterocycles. The largest absolute Gasteiger partial charge is 0.318 e. The van der Waals surface area contributed by atoms with Crippen molar-refractivity contribution in [2.24, 2.45) is 12.9 Å². The summed E-state index contributed by atoms with van der Waals surface area (Å²) < 4.78 is 1.64. The number of hydrogen-bond acceptors (Lipinski definition) is 5. The number of nitrogens with two attached hydrogens (primary N) is 1. The molecule has 0 aliphatic carbocycles. The Morgan fingerprint density at radius 3 is 2.90 bits per heavy atom. The maximum absolute atomic E-state index is 12.2. The van der Waals surface area contributed by atoms with Gasteiger partial charge in [-0.1, -0.05) is 18.5 Å². The molecular weight excluding hydrogens is 280 g/mol. The second kappa shape index (κ2) is 5.89. The van der Waals surface area contributed by atoms with Crippen LogP contribution in [0.4, 0.5) is 11.5 Å². The molecule has 0 spiro atoms. The second-order valence-electron chi connectivity index (χ2n) is 4.14. The summed E-state index contributed by atoms with van der Waals surface area (Å²) in [5.41, 5.74) is 3.92. The van der Waals surface area contributed by atoms with E-state index in [1.807, 2.05) is 6.92 Å². The number of pyridine rings is 1. The summed E-state index contributed by atoms with van der Waals surface area (Å²) in [6.45, 7) is 1.96. The van der Waals surface area contributed by atoms with Gasteiger partial charge in [-0.2, -0.15) is 5.10 Å². The van der Waals surface area contributed by atoms with Crippen LogP contribution in [0.15, 0.2) is 18.3 Å². The molecule has 0 aromatic carbocycles. The van der Waals surface area contributed by atoms with Crippen molar-refractivity contribution in [1.29, 1.82) is 0 Å². The number of nitrogens with one attached hydrogen (secondary N) is 2. The third-order valence-corrected chi connectivity index (χ3v) is 3.00. The molecule has 0 radical (unpaired) electrons. The van der Waals surface area contributed by atoms with Crippen LogP contribution in [0.2, 0.25) is 5.02 Å². The van der Waals surface area contributed by atoms with Crippen molar-refractivity contribution in [3.63, 3.8) is 0 Å². The van der Waals surface area contributed by atoms with Crippen LogP contribution in [0.1, 0.15) is 23.1 Å². The van der Waals surface area contributed by atoms with Gasteiger partial charge in [0.05, 0.1) is 16.4 Å². The Hall–Kier alpha value is -2.12. The normalized spacial score (nSPS) is 10.4. The lowest BCUT2D eigenvalue weighted by molar-refractivity contribution is 0.102. The minimum atomic E-state index is -0.408. The average Bonchev–Trinajstić information content (AvgIpc) is 2.79. The van der Waals surface area contributed by atoms with Crippen molar-refractivity contribution in [1.82, 2.24) is 14.8 Å². The molecule has 0 aliphatic heterocycles. The lowest BCUT2D eigenvalue weighted by Gasteiger charge is -2.07. The lowest BCUT2D eigenvalue weighted by atomic mass is 10.2. The predicted molar refractivity (Wildman–Crippen MR) is 77.6 cm³/mol. The summed E-state index contributed by atoms with van der Waals surface area (Å²) in [7, 11) is 1.79. The van der Waals surface area contributed by atoms with Crippen molar-refractivity contribution in [3.8, 4) is 0 Å². The van der Waals surface area contributed by atoms with Crippen molar-refractivity contribution in [2.45, 2.75) is 13.3 Å². The number of anilines is 2.